The molecule has 0 radical (unpaired) electrons. The van der Waals surface area contributed by atoms with Crippen LogP contribution in [0.1, 0.15) is 51.0 Å². The van der Waals surface area contributed by atoms with Crippen molar-refractivity contribution >= 4 is 5.69 Å². The zero-order valence-corrected chi connectivity index (χ0v) is 12.8. The van der Waals surface area contributed by atoms with E-state index in [1.165, 1.54) is 38.5 Å². The number of nitrogens with zero attached hydrogens (tertiary/aromatic N) is 1. The summed E-state index contributed by atoms with van der Waals surface area (Å²) in [5.74, 6) is 3.00. The predicted molar refractivity (Wildman–Crippen MR) is 84.8 cm³/mol. The first kappa shape index (κ1) is 13.2. The molecule has 1 aromatic carbocycles. The van der Waals surface area contributed by atoms with Gasteiger partial charge in [0, 0.05) is 11.7 Å². The molecule has 4 fully saturated rings. The number of hydrogen-bond donors (Lipinski definition) is 1. The van der Waals surface area contributed by atoms with Crippen LogP contribution in [0.2, 0.25) is 0 Å². The third kappa shape index (κ3) is 2.24. The summed E-state index contributed by atoms with van der Waals surface area (Å²) in [5.41, 5.74) is 2.43. The van der Waals surface area contributed by atoms with Crippen LogP contribution in [0.4, 0.5) is 5.69 Å². The highest BCUT2D eigenvalue weighted by Crippen LogP contribution is 2.61. The molecule has 4 saturated carbocycles. The average Bonchev–Trinajstić information content (AvgIpc) is 2.46. The lowest BCUT2D eigenvalue weighted by Crippen LogP contribution is -2.52. The van der Waals surface area contributed by atoms with Crippen LogP contribution >= 0.6 is 0 Å². The Morgan fingerprint density at radius 2 is 1.57 bits per heavy atom. The molecule has 2 heteroatoms. The van der Waals surface area contributed by atoms with Crippen molar-refractivity contribution < 1.29 is 0 Å². The quantitative estimate of drug-likeness (QED) is 0.880. The Hall–Kier alpha value is -1.49. The standard InChI is InChI=1S/C19H24N2/c1-13(21-18-4-2-14(12-20)3-5-18)19-9-15-6-16(10-19)8-17(7-15)11-19/h2-5,13,15-17,21H,6-11H2,1H3. The van der Waals surface area contributed by atoms with Crippen molar-refractivity contribution in [3.8, 4) is 6.07 Å². The van der Waals surface area contributed by atoms with Crippen LogP contribution in [0.25, 0.3) is 0 Å². The van der Waals surface area contributed by atoms with E-state index in [1.807, 2.05) is 12.1 Å². The summed E-state index contributed by atoms with van der Waals surface area (Å²) in [5, 5.41) is 12.6. The Balaban J connectivity index is 1.51. The van der Waals surface area contributed by atoms with Crippen molar-refractivity contribution in [3.63, 3.8) is 0 Å². The zero-order valence-electron chi connectivity index (χ0n) is 12.8. The van der Waals surface area contributed by atoms with E-state index in [0.717, 1.165) is 29.0 Å². The molecule has 1 N–H and O–H groups in total. The first-order valence-electron chi connectivity index (χ1n) is 8.43. The lowest BCUT2D eigenvalue weighted by atomic mass is 9.48. The molecule has 0 spiro atoms. The van der Waals surface area contributed by atoms with Gasteiger partial charge in [-0.1, -0.05) is 0 Å². The summed E-state index contributed by atoms with van der Waals surface area (Å²) in [6.45, 7) is 2.38. The summed E-state index contributed by atoms with van der Waals surface area (Å²) in [7, 11) is 0. The van der Waals surface area contributed by atoms with Crippen molar-refractivity contribution in [1.82, 2.24) is 0 Å². The molecular formula is C19H24N2. The number of rotatable bonds is 3. The minimum atomic E-state index is 0.530. The van der Waals surface area contributed by atoms with Crippen molar-refractivity contribution in [1.29, 1.82) is 5.26 Å². The van der Waals surface area contributed by atoms with Gasteiger partial charge in [-0.15, -0.1) is 0 Å². The third-order valence-corrected chi connectivity index (χ3v) is 6.40. The van der Waals surface area contributed by atoms with Gasteiger partial charge in [-0.3, -0.25) is 0 Å². The fourth-order valence-corrected chi connectivity index (χ4v) is 5.75. The molecule has 0 heterocycles. The summed E-state index contributed by atoms with van der Waals surface area (Å²) in [6.07, 6.45) is 8.81. The van der Waals surface area contributed by atoms with E-state index in [4.69, 9.17) is 5.26 Å². The van der Waals surface area contributed by atoms with Gasteiger partial charge in [0.25, 0.3) is 0 Å². The number of benzene rings is 1. The van der Waals surface area contributed by atoms with Gasteiger partial charge in [-0.25, -0.2) is 0 Å². The monoisotopic (exact) mass is 280 g/mol. The molecule has 4 aliphatic carbocycles. The Labute approximate surface area is 127 Å². The summed E-state index contributed by atoms with van der Waals surface area (Å²) < 4.78 is 0. The second-order valence-corrected chi connectivity index (χ2v) is 7.84. The Kier molecular flexibility index (Phi) is 2.99. The van der Waals surface area contributed by atoms with E-state index in [0.29, 0.717) is 11.5 Å². The molecule has 1 atom stereocenters. The Morgan fingerprint density at radius 3 is 2.05 bits per heavy atom. The largest absolute Gasteiger partial charge is 0.382 e. The van der Waals surface area contributed by atoms with Crippen molar-refractivity contribution in [2.24, 2.45) is 23.2 Å². The van der Waals surface area contributed by atoms with Crippen LogP contribution in [0.5, 0.6) is 0 Å². The van der Waals surface area contributed by atoms with E-state index in [1.54, 1.807) is 0 Å². The first-order valence-corrected chi connectivity index (χ1v) is 8.43. The summed E-state index contributed by atoms with van der Waals surface area (Å²) in [6, 6.07) is 10.7. The van der Waals surface area contributed by atoms with Crippen LogP contribution < -0.4 is 5.32 Å². The highest BCUT2D eigenvalue weighted by molar-refractivity contribution is 5.48. The van der Waals surface area contributed by atoms with Gasteiger partial charge in [0.05, 0.1) is 11.6 Å². The van der Waals surface area contributed by atoms with Gasteiger partial charge in [0.1, 0.15) is 0 Å². The first-order chi connectivity index (χ1) is 10.2. The Morgan fingerprint density at radius 1 is 1.05 bits per heavy atom. The number of nitriles is 1. The number of nitrogens with one attached hydrogen (secondary N) is 1. The summed E-state index contributed by atoms with van der Waals surface area (Å²) in [4.78, 5) is 0. The van der Waals surface area contributed by atoms with E-state index in [9.17, 15) is 0 Å². The predicted octanol–water partition coefficient (Wildman–Crippen LogP) is 4.58. The third-order valence-electron chi connectivity index (χ3n) is 6.40. The van der Waals surface area contributed by atoms with Gasteiger partial charge >= 0.3 is 0 Å². The molecule has 4 aliphatic rings. The summed E-state index contributed by atoms with van der Waals surface area (Å²) >= 11 is 0. The molecule has 2 nitrogen and oxygen atoms in total. The lowest BCUT2D eigenvalue weighted by molar-refractivity contribution is -0.0602. The van der Waals surface area contributed by atoms with E-state index in [2.05, 4.69) is 30.4 Å². The maximum absolute atomic E-state index is 8.89. The molecular weight excluding hydrogens is 256 g/mol. The minimum Gasteiger partial charge on any atom is -0.382 e. The molecule has 21 heavy (non-hydrogen) atoms. The van der Waals surface area contributed by atoms with Gasteiger partial charge in [0.2, 0.25) is 0 Å². The van der Waals surface area contributed by atoms with E-state index in [-0.39, 0.29) is 0 Å². The van der Waals surface area contributed by atoms with Crippen LogP contribution in [-0.4, -0.2) is 6.04 Å². The average molecular weight is 280 g/mol. The maximum Gasteiger partial charge on any atom is 0.0991 e. The van der Waals surface area contributed by atoms with Gasteiger partial charge in [0.15, 0.2) is 0 Å². The van der Waals surface area contributed by atoms with Crippen LogP contribution in [-0.2, 0) is 0 Å². The van der Waals surface area contributed by atoms with Crippen LogP contribution in [0.15, 0.2) is 24.3 Å². The second-order valence-electron chi connectivity index (χ2n) is 7.84. The van der Waals surface area contributed by atoms with Gasteiger partial charge in [-0.05, 0) is 92.9 Å². The fourth-order valence-electron chi connectivity index (χ4n) is 5.75. The highest BCUT2D eigenvalue weighted by Gasteiger charge is 2.53. The van der Waals surface area contributed by atoms with Crippen molar-refractivity contribution in [3.05, 3.63) is 29.8 Å². The lowest BCUT2D eigenvalue weighted by Gasteiger charge is -2.59. The topological polar surface area (TPSA) is 35.8 Å². The highest BCUT2D eigenvalue weighted by atomic mass is 14.9. The number of hydrogen-bond acceptors (Lipinski definition) is 2. The normalized spacial score (nSPS) is 38.0. The van der Waals surface area contributed by atoms with Gasteiger partial charge < -0.3 is 5.32 Å². The maximum atomic E-state index is 8.89. The molecule has 5 rings (SSSR count). The molecule has 4 bridgehead atoms. The molecule has 1 unspecified atom stereocenters. The van der Waals surface area contributed by atoms with E-state index >= 15 is 0 Å². The minimum absolute atomic E-state index is 0.530. The van der Waals surface area contributed by atoms with Gasteiger partial charge in [-0.2, -0.15) is 5.26 Å². The zero-order chi connectivity index (χ0) is 14.4. The van der Waals surface area contributed by atoms with E-state index < -0.39 is 0 Å². The molecule has 0 saturated heterocycles. The molecule has 0 amide bonds. The molecule has 110 valence electrons. The Bertz CT molecular complexity index is 531. The van der Waals surface area contributed by atoms with Crippen LogP contribution in [0.3, 0.4) is 0 Å². The molecule has 1 aromatic rings. The smallest absolute Gasteiger partial charge is 0.0991 e. The SMILES string of the molecule is CC(Nc1ccc(C#N)cc1)C12CC3CC(CC(C3)C1)C2. The number of anilines is 1. The van der Waals surface area contributed by atoms with Crippen LogP contribution in [0, 0.1) is 34.5 Å². The molecule has 0 aliphatic heterocycles. The van der Waals surface area contributed by atoms with Crippen molar-refractivity contribution in [2.75, 3.05) is 5.32 Å². The second kappa shape index (κ2) is 4.77. The van der Waals surface area contributed by atoms with Crippen molar-refractivity contribution in [2.45, 2.75) is 51.5 Å². The molecule has 0 aromatic heterocycles. The fraction of sp³-hybridized carbons (Fsp3) is 0.632.